The molecule has 0 spiro atoms. The first-order valence-electron chi connectivity index (χ1n) is 8.89. The van der Waals surface area contributed by atoms with Crippen LogP contribution in [0.1, 0.15) is 23.8 Å². The summed E-state index contributed by atoms with van der Waals surface area (Å²) in [6.45, 7) is 3.61. The zero-order valence-electron chi connectivity index (χ0n) is 15.0. The number of pyridine rings is 1. The quantitative estimate of drug-likeness (QED) is 0.733. The molecule has 6 nitrogen and oxygen atoms in total. The molecule has 0 aliphatic carbocycles. The van der Waals surface area contributed by atoms with Gasteiger partial charge in [-0.25, -0.2) is 0 Å². The van der Waals surface area contributed by atoms with Gasteiger partial charge in [0.2, 0.25) is 5.91 Å². The second-order valence-electron chi connectivity index (χ2n) is 6.39. The molecule has 0 fully saturated rings. The van der Waals surface area contributed by atoms with Gasteiger partial charge in [-0.3, -0.25) is 9.59 Å². The molecule has 0 saturated heterocycles. The van der Waals surface area contributed by atoms with E-state index in [9.17, 15) is 9.59 Å². The first-order valence-corrected chi connectivity index (χ1v) is 9.77. The number of benzene rings is 1. The lowest BCUT2D eigenvalue weighted by Gasteiger charge is -2.22. The molecule has 27 heavy (non-hydrogen) atoms. The van der Waals surface area contributed by atoms with E-state index in [4.69, 9.17) is 9.47 Å². The number of rotatable bonds is 5. The maximum Gasteiger partial charge on any atom is 0.253 e. The van der Waals surface area contributed by atoms with Crippen molar-refractivity contribution in [3.05, 3.63) is 56.5 Å². The standard InChI is InChI=1S/C20H20N2O4S/c1-2-19(23)22(12-15-4-3-7-27-15)11-14-8-13-9-17-18(26-6-5-25-17)10-16(13)21-20(14)24/h3-4,7-10H,2,5-6,11-12H2,1H3,(H,21,24). The summed E-state index contributed by atoms with van der Waals surface area (Å²) in [5.41, 5.74) is 1.05. The summed E-state index contributed by atoms with van der Waals surface area (Å²) in [6.07, 6.45) is 0.398. The molecule has 2 aromatic heterocycles. The molecular formula is C20H20N2O4S. The lowest BCUT2D eigenvalue weighted by Crippen LogP contribution is -2.31. The monoisotopic (exact) mass is 384 g/mol. The fourth-order valence-corrected chi connectivity index (χ4v) is 3.88. The van der Waals surface area contributed by atoms with Gasteiger partial charge in [-0.1, -0.05) is 13.0 Å². The second kappa shape index (κ2) is 7.44. The van der Waals surface area contributed by atoms with E-state index in [-0.39, 0.29) is 18.0 Å². The molecule has 1 N–H and O–H groups in total. The van der Waals surface area contributed by atoms with Gasteiger partial charge >= 0.3 is 0 Å². The number of hydrogen-bond acceptors (Lipinski definition) is 5. The Balaban J connectivity index is 1.67. The summed E-state index contributed by atoms with van der Waals surface area (Å²) in [5.74, 6) is 1.33. The molecule has 1 aromatic carbocycles. The molecule has 4 rings (SSSR count). The van der Waals surface area contributed by atoms with Crippen LogP contribution in [0.2, 0.25) is 0 Å². The molecule has 0 unspecified atom stereocenters. The average molecular weight is 384 g/mol. The highest BCUT2D eigenvalue weighted by Gasteiger charge is 2.17. The number of H-pyrrole nitrogens is 1. The number of carbonyl (C=O) groups excluding carboxylic acids is 1. The van der Waals surface area contributed by atoms with Crippen molar-refractivity contribution in [2.75, 3.05) is 13.2 Å². The van der Waals surface area contributed by atoms with E-state index < -0.39 is 0 Å². The summed E-state index contributed by atoms with van der Waals surface area (Å²) < 4.78 is 11.2. The number of carbonyl (C=O) groups is 1. The zero-order valence-corrected chi connectivity index (χ0v) is 15.8. The van der Waals surface area contributed by atoms with E-state index >= 15 is 0 Å². The summed E-state index contributed by atoms with van der Waals surface area (Å²) >= 11 is 1.60. The van der Waals surface area contributed by atoms with Crippen LogP contribution in [-0.2, 0) is 17.9 Å². The fraction of sp³-hybridized carbons (Fsp3) is 0.300. The van der Waals surface area contributed by atoms with Crippen LogP contribution in [0.15, 0.2) is 40.5 Å². The number of aromatic amines is 1. The van der Waals surface area contributed by atoms with Crippen LogP contribution < -0.4 is 15.0 Å². The predicted molar refractivity (Wildman–Crippen MR) is 104 cm³/mol. The number of ether oxygens (including phenoxy) is 2. The van der Waals surface area contributed by atoms with E-state index in [0.717, 1.165) is 10.3 Å². The van der Waals surface area contributed by atoms with Crippen molar-refractivity contribution in [3.8, 4) is 11.5 Å². The number of nitrogens with one attached hydrogen (secondary N) is 1. The molecule has 0 bridgehead atoms. The third kappa shape index (κ3) is 3.68. The highest BCUT2D eigenvalue weighted by atomic mass is 32.1. The van der Waals surface area contributed by atoms with Crippen LogP contribution in [0.25, 0.3) is 10.9 Å². The van der Waals surface area contributed by atoms with Gasteiger partial charge in [0.05, 0.1) is 18.6 Å². The Labute approximate surface area is 160 Å². The Kier molecular flexibility index (Phi) is 4.85. The minimum absolute atomic E-state index is 0.0186. The van der Waals surface area contributed by atoms with Crippen molar-refractivity contribution < 1.29 is 14.3 Å². The van der Waals surface area contributed by atoms with E-state index in [0.29, 0.717) is 48.8 Å². The van der Waals surface area contributed by atoms with Crippen molar-refractivity contribution in [2.24, 2.45) is 0 Å². The maximum absolute atomic E-state index is 12.6. The fourth-order valence-electron chi connectivity index (χ4n) is 3.16. The third-order valence-corrected chi connectivity index (χ3v) is 5.39. The Morgan fingerprint density at radius 2 is 1.96 bits per heavy atom. The minimum atomic E-state index is -0.195. The minimum Gasteiger partial charge on any atom is -0.486 e. The summed E-state index contributed by atoms with van der Waals surface area (Å²) in [6, 6.07) is 9.44. The first kappa shape index (κ1) is 17.6. The van der Waals surface area contributed by atoms with Crippen LogP contribution in [0, 0.1) is 0 Å². The van der Waals surface area contributed by atoms with Crippen LogP contribution >= 0.6 is 11.3 Å². The van der Waals surface area contributed by atoms with Crippen LogP contribution in [0.5, 0.6) is 11.5 Å². The van der Waals surface area contributed by atoms with E-state index in [1.165, 1.54) is 0 Å². The molecule has 0 radical (unpaired) electrons. The number of fused-ring (bicyclic) bond motifs is 2. The number of nitrogens with zero attached hydrogens (tertiary/aromatic N) is 1. The molecule has 1 amide bonds. The van der Waals surface area contributed by atoms with Crippen LogP contribution in [0.4, 0.5) is 0 Å². The van der Waals surface area contributed by atoms with Crippen molar-refractivity contribution >= 4 is 28.1 Å². The van der Waals surface area contributed by atoms with Crippen molar-refractivity contribution in [1.82, 2.24) is 9.88 Å². The predicted octanol–water partition coefficient (Wildman–Crippen LogP) is 3.30. The van der Waals surface area contributed by atoms with E-state index in [1.807, 2.05) is 36.6 Å². The molecule has 7 heteroatoms. The van der Waals surface area contributed by atoms with Gasteiger partial charge in [-0.15, -0.1) is 11.3 Å². The Morgan fingerprint density at radius 3 is 2.67 bits per heavy atom. The maximum atomic E-state index is 12.6. The third-order valence-electron chi connectivity index (χ3n) is 4.53. The number of hydrogen-bond donors (Lipinski definition) is 1. The molecule has 140 valence electrons. The van der Waals surface area contributed by atoms with Crippen molar-refractivity contribution in [2.45, 2.75) is 26.4 Å². The van der Waals surface area contributed by atoms with Gasteiger partial charge in [0, 0.05) is 28.3 Å². The zero-order chi connectivity index (χ0) is 18.8. The van der Waals surface area contributed by atoms with Gasteiger partial charge in [-0.2, -0.15) is 0 Å². The summed E-state index contributed by atoms with van der Waals surface area (Å²) in [5, 5.41) is 2.84. The number of thiophene rings is 1. The molecular weight excluding hydrogens is 364 g/mol. The smallest absolute Gasteiger partial charge is 0.253 e. The Morgan fingerprint density at radius 1 is 1.19 bits per heavy atom. The molecule has 1 aliphatic rings. The Hall–Kier alpha value is -2.80. The average Bonchev–Trinajstić information content (AvgIpc) is 3.19. The van der Waals surface area contributed by atoms with Gasteiger partial charge in [0.1, 0.15) is 13.2 Å². The second-order valence-corrected chi connectivity index (χ2v) is 7.42. The van der Waals surface area contributed by atoms with Gasteiger partial charge in [-0.05, 0) is 23.6 Å². The molecule has 1 aliphatic heterocycles. The number of aromatic nitrogens is 1. The first-order chi connectivity index (χ1) is 13.1. The van der Waals surface area contributed by atoms with Crippen LogP contribution in [0.3, 0.4) is 0 Å². The van der Waals surface area contributed by atoms with Gasteiger partial charge in [0.25, 0.3) is 5.56 Å². The Bertz CT molecular complexity index is 1030. The van der Waals surface area contributed by atoms with Crippen molar-refractivity contribution in [1.29, 1.82) is 0 Å². The van der Waals surface area contributed by atoms with Crippen molar-refractivity contribution in [3.63, 3.8) is 0 Å². The molecule has 0 atom stereocenters. The molecule has 3 aromatic rings. The normalized spacial score (nSPS) is 12.9. The van der Waals surface area contributed by atoms with E-state index in [1.54, 1.807) is 22.3 Å². The lowest BCUT2D eigenvalue weighted by molar-refractivity contribution is -0.132. The van der Waals surface area contributed by atoms with E-state index in [2.05, 4.69) is 4.98 Å². The molecule has 3 heterocycles. The SMILES string of the molecule is CCC(=O)N(Cc1cccs1)Cc1cc2cc3c(cc2[nH]c1=O)OCCO3. The number of amides is 1. The highest BCUT2D eigenvalue weighted by molar-refractivity contribution is 7.09. The largest absolute Gasteiger partial charge is 0.486 e. The summed E-state index contributed by atoms with van der Waals surface area (Å²) in [7, 11) is 0. The highest BCUT2D eigenvalue weighted by Crippen LogP contribution is 2.33. The summed E-state index contributed by atoms with van der Waals surface area (Å²) in [4.78, 5) is 30.7. The molecule has 0 saturated carbocycles. The lowest BCUT2D eigenvalue weighted by atomic mass is 10.1. The van der Waals surface area contributed by atoms with Crippen LogP contribution in [-0.4, -0.2) is 29.0 Å². The topological polar surface area (TPSA) is 71.6 Å². The van der Waals surface area contributed by atoms with Gasteiger partial charge < -0.3 is 19.4 Å². The van der Waals surface area contributed by atoms with Gasteiger partial charge in [0.15, 0.2) is 11.5 Å².